The van der Waals surface area contributed by atoms with Gasteiger partial charge < -0.3 is 4.74 Å². The van der Waals surface area contributed by atoms with E-state index in [4.69, 9.17) is 16.3 Å². The molecule has 0 saturated heterocycles. The molecule has 1 heterocycles. The molecule has 2 nitrogen and oxygen atoms in total. The molecule has 0 aliphatic rings. The molecule has 1 aromatic heterocycles. The zero-order chi connectivity index (χ0) is 12.4. The third-order valence-corrected chi connectivity index (χ3v) is 4.66. The molecule has 1 aromatic carbocycles. The Kier molecular flexibility index (Phi) is 4.07. The van der Waals surface area contributed by atoms with Gasteiger partial charge in [0.1, 0.15) is 10.8 Å². The van der Waals surface area contributed by atoms with E-state index in [1.54, 1.807) is 18.4 Å². The van der Waals surface area contributed by atoms with Crippen LogP contribution in [0.15, 0.2) is 22.7 Å². The van der Waals surface area contributed by atoms with E-state index in [2.05, 4.69) is 20.9 Å². The number of benzene rings is 1. The topological polar surface area (TPSA) is 22.1 Å². The highest BCUT2D eigenvalue weighted by Gasteiger charge is 2.10. The summed E-state index contributed by atoms with van der Waals surface area (Å²) < 4.78 is 6.13. The molecule has 0 N–H and O–H groups in total. The van der Waals surface area contributed by atoms with Gasteiger partial charge in [-0.25, -0.2) is 4.98 Å². The number of methoxy groups -OCH3 is 1. The van der Waals surface area contributed by atoms with Crippen molar-refractivity contribution in [3.8, 4) is 16.3 Å². The van der Waals surface area contributed by atoms with Crippen LogP contribution in [-0.4, -0.2) is 12.1 Å². The Morgan fingerprint density at radius 2 is 2.24 bits per heavy atom. The molecule has 0 atom stereocenters. The van der Waals surface area contributed by atoms with E-state index in [9.17, 15) is 0 Å². The van der Waals surface area contributed by atoms with Gasteiger partial charge in [0, 0.05) is 10.4 Å². The summed E-state index contributed by atoms with van der Waals surface area (Å²) in [5.41, 5.74) is 2.08. The van der Waals surface area contributed by atoms with Gasteiger partial charge in [-0.3, -0.25) is 0 Å². The van der Waals surface area contributed by atoms with Gasteiger partial charge in [-0.2, -0.15) is 0 Å². The van der Waals surface area contributed by atoms with Crippen LogP contribution < -0.4 is 4.74 Å². The molecule has 0 spiro atoms. The summed E-state index contributed by atoms with van der Waals surface area (Å²) in [4.78, 5) is 5.64. The number of ether oxygens (including phenoxy) is 1. The van der Waals surface area contributed by atoms with Crippen molar-refractivity contribution in [2.24, 2.45) is 0 Å². The number of hydrogen-bond acceptors (Lipinski definition) is 3. The van der Waals surface area contributed by atoms with Gasteiger partial charge in [0.2, 0.25) is 0 Å². The van der Waals surface area contributed by atoms with Gasteiger partial charge in [-0.1, -0.05) is 0 Å². The Morgan fingerprint density at radius 3 is 2.76 bits per heavy atom. The first-order valence-corrected chi connectivity index (χ1v) is 7.16. The second-order valence-corrected chi connectivity index (χ2v) is 5.72. The molecule has 0 saturated carbocycles. The molecule has 2 rings (SSSR count). The number of aryl methyl sites for hydroxylation is 1. The predicted molar refractivity (Wildman–Crippen MR) is 76.1 cm³/mol. The lowest BCUT2D eigenvalue weighted by molar-refractivity contribution is 0.412. The summed E-state index contributed by atoms with van der Waals surface area (Å²) >= 11 is 11.0. The van der Waals surface area contributed by atoms with Crippen molar-refractivity contribution < 1.29 is 4.74 Å². The van der Waals surface area contributed by atoms with Crippen molar-refractivity contribution in [3.05, 3.63) is 33.2 Å². The zero-order valence-electron chi connectivity index (χ0n) is 9.46. The van der Waals surface area contributed by atoms with Crippen molar-refractivity contribution in [1.82, 2.24) is 4.98 Å². The van der Waals surface area contributed by atoms with Crippen LogP contribution in [0.1, 0.15) is 10.6 Å². The van der Waals surface area contributed by atoms with E-state index in [0.717, 1.165) is 31.4 Å². The highest BCUT2D eigenvalue weighted by atomic mass is 79.9. The average Bonchev–Trinajstić information content (AvgIpc) is 2.70. The minimum absolute atomic E-state index is 0.515. The monoisotopic (exact) mass is 331 g/mol. The highest BCUT2D eigenvalue weighted by Crippen LogP contribution is 2.33. The highest BCUT2D eigenvalue weighted by molar-refractivity contribution is 9.10. The van der Waals surface area contributed by atoms with Crippen molar-refractivity contribution in [2.45, 2.75) is 12.8 Å². The molecule has 0 unspecified atom stereocenters. The lowest BCUT2D eigenvalue weighted by atomic mass is 10.2. The van der Waals surface area contributed by atoms with Crippen molar-refractivity contribution in [1.29, 1.82) is 0 Å². The van der Waals surface area contributed by atoms with Crippen LogP contribution >= 0.6 is 38.9 Å². The predicted octanol–water partition coefficient (Wildman–Crippen LogP) is 4.63. The quantitative estimate of drug-likeness (QED) is 0.765. The normalized spacial score (nSPS) is 10.6. The maximum atomic E-state index is 5.85. The first kappa shape index (κ1) is 12.9. The van der Waals surface area contributed by atoms with Crippen LogP contribution in [0.2, 0.25) is 0 Å². The van der Waals surface area contributed by atoms with Crippen LogP contribution in [-0.2, 0) is 5.88 Å². The number of hydrogen-bond donors (Lipinski definition) is 0. The van der Waals surface area contributed by atoms with Crippen LogP contribution in [0, 0.1) is 6.92 Å². The van der Waals surface area contributed by atoms with Crippen molar-refractivity contribution in [3.63, 3.8) is 0 Å². The van der Waals surface area contributed by atoms with Crippen LogP contribution in [0.5, 0.6) is 5.75 Å². The molecular weight excluding hydrogens is 322 g/mol. The van der Waals surface area contributed by atoms with Gasteiger partial charge in [-0.15, -0.1) is 22.9 Å². The first-order chi connectivity index (χ1) is 8.15. The van der Waals surface area contributed by atoms with Gasteiger partial charge in [0.15, 0.2) is 0 Å². The molecule has 0 aliphatic carbocycles. The van der Waals surface area contributed by atoms with Crippen molar-refractivity contribution in [2.75, 3.05) is 7.11 Å². The molecule has 0 aliphatic heterocycles. The summed E-state index contributed by atoms with van der Waals surface area (Å²) in [5, 5.41) is 0.988. The molecule has 17 heavy (non-hydrogen) atoms. The lowest BCUT2D eigenvalue weighted by Gasteiger charge is -2.04. The van der Waals surface area contributed by atoms with E-state index in [0.29, 0.717) is 5.88 Å². The number of nitrogens with zero attached hydrogens (tertiary/aromatic N) is 1. The second kappa shape index (κ2) is 5.38. The van der Waals surface area contributed by atoms with Crippen molar-refractivity contribution >= 4 is 38.9 Å². The fraction of sp³-hybridized carbons (Fsp3) is 0.250. The van der Waals surface area contributed by atoms with E-state index < -0.39 is 0 Å². The van der Waals surface area contributed by atoms with E-state index in [1.807, 2.05) is 25.1 Å². The van der Waals surface area contributed by atoms with Crippen LogP contribution in [0.25, 0.3) is 10.6 Å². The van der Waals surface area contributed by atoms with E-state index in [-0.39, 0.29) is 0 Å². The van der Waals surface area contributed by atoms with Gasteiger partial charge in [0.25, 0.3) is 0 Å². The third-order valence-electron chi connectivity index (χ3n) is 2.41. The van der Waals surface area contributed by atoms with E-state index in [1.165, 1.54) is 0 Å². The molecule has 0 amide bonds. The third kappa shape index (κ3) is 2.64. The molecule has 2 aromatic rings. The minimum Gasteiger partial charge on any atom is -0.496 e. The van der Waals surface area contributed by atoms with E-state index >= 15 is 0 Å². The fourth-order valence-electron chi connectivity index (χ4n) is 1.47. The van der Waals surface area contributed by atoms with Gasteiger partial charge in [-0.05, 0) is 41.1 Å². The Hall–Kier alpha value is -0.580. The summed E-state index contributed by atoms with van der Waals surface area (Å²) in [6.07, 6.45) is 0. The Labute approximate surface area is 118 Å². The minimum atomic E-state index is 0.515. The van der Waals surface area contributed by atoms with Gasteiger partial charge in [0.05, 0.1) is 23.2 Å². The lowest BCUT2D eigenvalue weighted by Crippen LogP contribution is -1.85. The smallest absolute Gasteiger partial charge is 0.133 e. The largest absolute Gasteiger partial charge is 0.496 e. The summed E-state index contributed by atoms with van der Waals surface area (Å²) in [6.45, 7) is 1.98. The molecule has 90 valence electrons. The summed E-state index contributed by atoms with van der Waals surface area (Å²) in [5.74, 6) is 1.33. The number of halogens is 2. The number of aromatic nitrogens is 1. The molecule has 5 heteroatoms. The summed E-state index contributed by atoms with van der Waals surface area (Å²) in [7, 11) is 1.65. The number of alkyl halides is 1. The first-order valence-electron chi connectivity index (χ1n) is 5.02. The maximum absolute atomic E-state index is 5.85. The zero-order valence-corrected chi connectivity index (χ0v) is 12.6. The molecular formula is C12H11BrClNOS. The Balaban J connectivity index is 2.42. The molecule has 0 bridgehead atoms. The standard InChI is InChI=1S/C12H11BrClNOS/c1-7-11(6-14)17-12(15-7)8-3-4-10(16-2)9(13)5-8/h3-5H,6H2,1-2H3. The maximum Gasteiger partial charge on any atom is 0.133 e. The molecule has 0 radical (unpaired) electrons. The van der Waals surface area contributed by atoms with Gasteiger partial charge >= 0.3 is 0 Å². The van der Waals surface area contributed by atoms with Crippen LogP contribution in [0.4, 0.5) is 0 Å². The second-order valence-electron chi connectivity index (χ2n) is 3.51. The van der Waals surface area contributed by atoms with Crippen LogP contribution in [0.3, 0.4) is 0 Å². The molecule has 0 fully saturated rings. The number of rotatable bonds is 3. The Morgan fingerprint density at radius 1 is 1.47 bits per heavy atom. The Bertz CT molecular complexity index is 541. The average molecular weight is 333 g/mol. The number of thiazole rings is 1. The SMILES string of the molecule is COc1ccc(-c2nc(C)c(CCl)s2)cc1Br. The summed E-state index contributed by atoms with van der Waals surface area (Å²) in [6, 6.07) is 5.94. The fourth-order valence-corrected chi connectivity index (χ4v) is 3.28.